The Labute approximate surface area is 111 Å². The molecule has 5 N–H and O–H groups in total. The number of carbonyl (C=O) groups is 1. The molecule has 0 aromatic rings. The highest BCUT2D eigenvalue weighted by Gasteiger charge is 2.48. The number of fused-ring (bicyclic) bond motifs is 1. The van der Waals surface area contributed by atoms with Crippen molar-refractivity contribution in [3.8, 4) is 0 Å². The summed E-state index contributed by atoms with van der Waals surface area (Å²) in [4.78, 5) is 13.5. The molecule has 2 fully saturated rings. The van der Waals surface area contributed by atoms with Crippen LogP contribution >= 0.6 is 0 Å². The number of hydrogen-bond donors (Lipinski definition) is 5. The molecule has 2 saturated heterocycles. The van der Waals surface area contributed by atoms with E-state index in [0.29, 0.717) is 26.1 Å². The van der Waals surface area contributed by atoms with Gasteiger partial charge in [-0.3, -0.25) is 4.90 Å². The third-order valence-corrected chi connectivity index (χ3v) is 3.79. The van der Waals surface area contributed by atoms with Crippen LogP contribution in [0.4, 0.5) is 4.79 Å². The summed E-state index contributed by atoms with van der Waals surface area (Å²) < 4.78 is 0. The average molecular weight is 271 g/mol. The van der Waals surface area contributed by atoms with E-state index >= 15 is 0 Å². The Hall–Kier alpha value is -1.15. The fraction of sp³-hybridized carbons (Fsp3) is 0.750. The molecule has 0 bridgehead atoms. The fourth-order valence-electron chi connectivity index (χ4n) is 2.83. The Kier molecular flexibility index (Phi) is 4.41. The second-order valence-electron chi connectivity index (χ2n) is 5.07. The molecule has 5 atom stereocenters. The zero-order valence-corrected chi connectivity index (χ0v) is 10.7. The van der Waals surface area contributed by atoms with Crippen LogP contribution in [0.2, 0.25) is 0 Å². The molecule has 0 aromatic heterocycles. The monoisotopic (exact) mass is 271 g/mol. The van der Waals surface area contributed by atoms with E-state index < -0.39 is 36.4 Å². The number of amides is 2. The van der Waals surface area contributed by atoms with Gasteiger partial charge in [-0.05, 0) is 6.42 Å². The van der Waals surface area contributed by atoms with E-state index in [2.05, 4.69) is 17.2 Å². The summed E-state index contributed by atoms with van der Waals surface area (Å²) in [6.07, 6.45) is -0.637. The minimum Gasteiger partial charge on any atom is -0.391 e. The first-order valence-electron chi connectivity index (χ1n) is 6.48. The van der Waals surface area contributed by atoms with Gasteiger partial charge in [0.25, 0.3) is 0 Å². The van der Waals surface area contributed by atoms with Gasteiger partial charge < -0.3 is 26.0 Å². The van der Waals surface area contributed by atoms with Gasteiger partial charge in [0, 0.05) is 19.6 Å². The van der Waals surface area contributed by atoms with Crippen molar-refractivity contribution in [2.45, 2.75) is 36.8 Å². The zero-order valence-electron chi connectivity index (χ0n) is 10.7. The minimum atomic E-state index is -1.08. The zero-order chi connectivity index (χ0) is 14.0. The number of hydrogen-bond acceptors (Lipinski definition) is 5. The Morgan fingerprint density at radius 1 is 1.37 bits per heavy atom. The first-order valence-corrected chi connectivity index (χ1v) is 6.48. The lowest BCUT2D eigenvalue weighted by Crippen LogP contribution is -2.66. The van der Waals surface area contributed by atoms with Crippen LogP contribution in [0.25, 0.3) is 0 Å². The molecule has 5 unspecified atom stereocenters. The number of urea groups is 1. The van der Waals surface area contributed by atoms with Crippen molar-refractivity contribution in [3.05, 3.63) is 12.7 Å². The molecule has 2 aliphatic rings. The molecule has 7 heteroatoms. The van der Waals surface area contributed by atoms with Crippen molar-refractivity contribution >= 4 is 6.03 Å². The van der Waals surface area contributed by atoms with E-state index in [1.165, 1.54) is 0 Å². The predicted octanol–water partition coefficient (Wildman–Crippen LogP) is -1.99. The van der Waals surface area contributed by atoms with E-state index in [1.54, 1.807) is 6.08 Å². The third-order valence-electron chi connectivity index (χ3n) is 3.79. The molecule has 108 valence electrons. The third kappa shape index (κ3) is 2.89. The molecule has 2 rings (SSSR count). The van der Waals surface area contributed by atoms with Crippen LogP contribution in [0.1, 0.15) is 6.42 Å². The van der Waals surface area contributed by atoms with Gasteiger partial charge in [-0.15, -0.1) is 6.58 Å². The van der Waals surface area contributed by atoms with Crippen LogP contribution in [0.5, 0.6) is 0 Å². The Balaban J connectivity index is 1.95. The first-order chi connectivity index (χ1) is 9.04. The lowest BCUT2D eigenvalue weighted by molar-refractivity contribution is -0.0992. The molecule has 0 aliphatic carbocycles. The second-order valence-corrected chi connectivity index (χ2v) is 5.07. The van der Waals surface area contributed by atoms with E-state index in [0.717, 1.165) is 0 Å². The molecule has 2 amide bonds. The number of piperidine rings is 1. The first kappa shape index (κ1) is 14.3. The van der Waals surface area contributed by atoms with E-state index in [4.69, 9.17) is 0 Å². The maximum Gasteiger partial charge on any atom is 0.315 e. The lowest BCUT2D eigenvalue weighted by Gasteiger charge is -2.43. The van der Waals surface area contributed by atoms with Crippen molar-refractivity contribution in [2.24, 2.45) is 0 Å². The van der Waals surface area contributed by atoms with E-state index in [9.17, 15) is 20.1 Å². The molecule has 0 spiro atoms. The van der Waals surface area contributed by atoms with Crippen LogP contribution in [-0.2, 0) is 0 Å². The highest BCUT2D eigenvalue weighted by molar-refractivity contribution is 5.74. The maximum absolute atomic E-state index is 11.5. The quantitative estimate of drug-likeness (QED) is 0.382. The standard InChI is InChI=1S/C12H21N3O4/c1-2-4-13-12(19)14-7-6-15-5-3-8(16)9(15)11(18)10(7)17/h2,7-11,16-18H,1,3-6H2,(H2,13,14,19). The summed E-state index contributed by atoms with van der Waals surface area (Å²) in [6.45, 7) is 4.90. The maximum atomic E-state index is 11.5. The topological polar surface area (TPSA) is 105 Å². The van der Waals surface area contributed by atoms with Gasteiger partial charge in [0.15, 0.2) is 0 Å². The summed E-state index contributed by atoms with van der Waals surface area (Å²) in [5, 5.41) is 35.0. The van der Waals surface area contributed by atoms with Gasteiger partial charge in [-0.1, -0.05) is 6.08 Å². The van der Waals surface area contributed by atoms with Crippen molar-refractivity contribution in [1.82, 2.24) is 15.5 Å². The number of nitrogens with zero attached hydrogens (tertiary/aromatic N) is 1. The molecular formula is C12H21N3O4. The molecule has 2 aliphatic heterocycles. The van der Waals surface area contributed by atoms with Gasteiger partial charge in [0.05, 0.1) is 24.3 Å². The van der Waals surface area contributed by atoms with E-state index in [-0.39, 0.29) is 0 Å². The van der Waals surface area contributed by atoms with Gasteiger partial charge in [-0.2, -0.15) is 0 Å². The van der Waals surface area contributed by atoms with Crippen LogP contribution in [0.3, 0.4) is 0 Å². The average Bonchev–Trinajstić information content (AvgIpc) is 2.74. The summed E-state index contributed by atoms with van der Waals surface area (Å²) in [5.41, 5.74) is 0. The van der Waals surface area contributed by atoms with Crippen LogP contribution in [-0.4, -0.2) is 76.3 Å². The molecule has 0 aromatic carbocycles. The summed E-state index contributed by atoms with van der Waals surface area (Å²) in [6, 6.07) is -1.40. The molecule has 2 heterocycles. The Morgan fingerprint density at radius 3 is 2.79 bits per heavy atom. The lowest BCUT2D eigenvalue weighted by atomic mass is 9.91. The summed E-state index contributed by atoms with van der Waals surface area (Å²) in [5.74, 6) is 0. The van der Waals surface area contributed by atoms with Crippen LogP contribution < -0.4 is 10.6 Å². The number of carbonyl (C=O) groups excluding carboxylic acids is 1. The fourth-order valence-corrected chi connectivity index (χ4v) is 2.83. The van der Waals surface area contributed by atoms with Crippen LogP contribution in [0, 0.1) is 0 Å². The molecule has 7 nitrogen and oxygen atoms in total. The Bertz CT molecular complexity index is 352. The molecular weight excluding hydrogens is 250 g/mol. The predicted molar refractivity (Wildman–Crippen MR) is 68.5 cm³/mol. The van der Waals surface area contributed by atoms with Crippen molar-refractivity contribution in [1.29, 1.82) is 0 Å². The smallest absolute Gasteiger partial charge is 0.315 e. The van der Waals surface area contributed by atoms with Crippen molar-refractivity contribution in [2.75, 3.05) is 19.6 Å². The van der Waals surface area contributed by atoms with Gasteiger partial charge in [0.1, 0.15) is 6.10 Å². The van der Waals surface area contributed by atoms with Crippen LogP contribution in [0.15, 0.2) is 12.7 Å². The largest absolute Gasteiger partial charge is 0.391 e. The van der Waals surface area contributed by atoms with Gasteiger partial charge >= 0.3 is 6.03 Å². The highest BCUT2D eigenvalue weighted by Crippen LogP contribution is 2.28. The normalized spacial score (nSPS) is 38.6. The second kappa shape index (κ2) is 5.87. The number of rotatable bonds is 3. The molecule has 19 heavy (non-hydrogen) atoms. The SMILES string of the molecule is C=CCNC(=O)NC1CN2CCC(O)C2C(O)C1O. The number of aliphatic hydroxyl groups excluding tert-OH is 3. The van der Waals surface area contributed by atoms with Gasteiger partial charge in [0.2, 0.25) is 0 Å². The highest BCUT2D eigenvalue weighted by atomic mass is 16.3. The number of aliphatic hydroxyl groups is 3. The van der Waals surface area contributed by atoms with E-state index in [1.807, 2.05) is 4.90 Å². The summed E-state index contributed by atoms with van der Waals surface area (Å²) >= 11 is 0. The summed E-state index contributed by atoms with van der Waals surface area (Å²) in [7, 11) is 0. The van der Waals surface area contributed by atoms with Crippen molar-refractivity contribution in [3.63, 3.8) is 0 Å². The van der Waals surface area contributed by atoms with Gasteiger partial charge in [-0.25, -0.2) is 4.79 Å². The Morgan fingerprint density at radius 2 is 2.11 bits per heavy atom. The molecule has 0 saturated carbocycles. The number of nitrogens with one attached hydrogen (secondary N) is 2. The minimum absolute atomic E-state index is 0.336. The molecule has 0 radical (unpaired) electrons. The van der Waals surface area contributed by atoms with Crippen molar-refractivity contribution < 1.29 is 20.1 Å².